The smallest absolute Gasteiger partial charge is 0.300 e. The predicted molar refractivity (Wildman–Crippen MR) is 129 cm³/mol. The Balaban J connectivity index is 0.000000672. The Morgan fingerprint density at radius 1 is 1.14 bits per heavy atom. The fourth-order valence-corrected chi connectivity index (χ4v) is 4.36. The number of ketones is 1. The molecule has 0 radical (unpaired) electrons. The summed E-state index contributed by atoms with van der Waals surface area (Å²) >= 11 is 1.24. The van der Waals surface area contributed by atoms with Gasteiger partial charge in [-0.1, -0.05) is 30.3 Å². The lowest BCUT2D eigenvalue weighted by molar-refractivity contribution is -0.134. The number of carboxylic acids is 1. The largest absolute Gasteiger partial charge is 0.503 e. The summed E-state index contributed by atoms with van der Waals surface area (Å²) in [4.78, 5) is 41.0. The van der Waals surface area contributed by atoms with E-state index in [1.54, 1.807) is 61.2 Å². The molecule has 178 valence electrons. The van der Waals surface area contributed by atoms with E-state index < -0.39 is 29.5 Å². The number of aromatic nitrogens is 1. The highest BCUT2D eigenvalue weighted by atomic mass is 32.1. The summed E-state index contributed by atoms with van der Waals surface area (Å²) in [6.45, 7) is 1.08. The van der Waals surface area contributed by atoms with E-state index in [1.807, 2.05) is 12.1 Å². The summed E-state index contributed by atoms with van der Waals surface area (Å²) in [6, 6.07) is 15.0. The summed E-state index contributed by atoms with van der Waals surface area (Å²) in [6.07, 6.45) is 1.56. The topological polar surface area (TPSA) is 130 Å². The van der Waals surface area contributed by atoms with Crippen LogP contribution in [0.15, 0.2) is 81.9 Å². The van der Waals surface area contributed by atoms with Crippen molar-refractivity contribution in [1.82, 2.24) is 4.98 Å². The van der Waals surface area contributed by atoms with Crippen molar-refractivity contribution in [3.8, 4) is 5.75 Å². The Morgan fingerprint density at radius 3 is 2.43 bits per heavy atom. The molecule has 1 aliphatic rings. The van der Waals surface area contributed by atoms with Crippen molar-refractivity contribution in [3.63, 3.8) is 0 Å². The van der Waals surface area contributed by atoms with Gasteiger partial charge < -0.3 is 19.4 Å². The number of thiazole rings is 1. The monoisotopic (exact) mass is 492 g/mol. The number of carbonyl (C=O) groups excluding carboxylic acids is 2. The summed E-state index contributed by atoms with van der Waals surface area (Å²) in [5.74, 6) is -2.00. The van der Waals surface area contributed by atoms with Gasteiger partial charge in [-0.15, -0.1) is 11.3 Å². The number of aliphatic carboxylic acids is 1. The summed E-state index contributed by atoms with van der Waals surface area (Å²) in [5, 5.41) is 21.0. The lowest BCUT2D eigenvalue weighted by Gasteiger charge is -2.24. The number of furan rings is 1. The molecular formula is C25H20N2O7S. The number of para-hydroxylation sites is 1. The molecule has 0 saturated heterocycles. The molecule has 10 heteroatoms. The molecule has 2 aromatic heterocycles. The van der Waals surface area contributed by atoms with Gasteiger partial charge in [0.05, 0.1) is 18.7 Å². The minimum Gasteiger partial charge on any atom is -0.503 e. The number of carbonyl (C=O) groups is 3. The van der Waals surface area contributed by atoms with E-state index in [-0.39, 0.29) is 11.3 Å². The molecule has 3 heterocycles. The van der Waals surface area contributed by atoms with Gasteiger partial charge in [-0.3, -0.25) is 19.3 Å². The van der Waals surface area contributed by atoms with Crippen LogP contribution in [0.3, 0.4) is 0 Å². The van der Waals surface area contributed by atoms with Crippen molar-refractivity contribution >= 4 is 45.1 Å². The first-order chi connectivity index (χ1) is 16.8. The SMILES string of the molecule is CC(=O)O.COc1ccc(C2C(C(=O)c3cc4ccccc4o3)=C(O)C(=O)N2c2nccs2)cc1. The average molecular weight is 493 g/mol. The van der Waals surface area contributed by atoms with Crippen LogP contribution in [0.1, 0.15) is 29.1 Å². The Hall–Kier alpha value is -4.44. The van der Waals surface area contributed by atoms with Crippen LogP contribution in [-0.2, 0) is 9.59 Å². The van der Waals surface area contributed by atoms with E-state index in [9.17, 15) is 14.7 Å². The molecule has 1 aliphatic heterocycles. The first-order valence-electron chi connectivity index (χ1n) is 10.3. The lowest BCUT2D eigenvalue weighted by Crippen LogP contribution is -2.30. The van der Waals surface area contributed by atoms with Crippen LogP contribution in [0.2, 0.25) is 0 Å². The third-order valence-corrected chi connectivity index (χ3v) is 5.93. The van der Waals surface area contributed by atoms with Crippen LogP contribution in [0.25, 0.3) is 11.0 Å². The van der Waals surface area contributed by atoms with E-state index in [0.29, 0.717) is 22.0 Å². The van der Waals surface area contributed by atoms with Crippen LogP contribution >= 0.6 is 11.3 Å². The second-order valence-electron chi connectivity index (χ2n) is 7.42. The number of methoxy groups -OCH3 is 1. The number of aliphatic hydroxyl groups is 1. The molecule has 4 aromatic rings. The van der Waals surface area contributed by atoms with Crippen molar-refractivity contribution in [2.24, 2.45) is 0 Å². The molecule has 1 amide bonds. The maximum Gasteiger partial charge on any atom is 0.300 e. The predicted octanol–water partition coefficient (Wildman–Crippen LogP) is 4.77. The highest BCUT2D eigenvalue weighted by molar-refractivity contribution is 7.13. The highest BCUT2D eigenvalue weighted by Crippen LogP contribution is 2.43. The number of anilines is 1. The zero-order chi connectivity index (χ0) is 25.1. The molecule has 1 unspecified atom stereocenters. The molecule has 0 spiro atoms. The summed E-state index contributed by atoms with van der Waals surface area (Å²) in [7, 11) is 1.55. The molecule has 2 N–H and O–H groups in total. The van der Waals surface area contributed by atoms with Crippen molar-refractivity contribution < 1.29 is 33.8 Å². The number of rotatable bonds is 5. The molecular weight excluding hydrogens is 472 g/mol. The second kappa shape index (κ2) is 9.82. The molecule has 1 atom stereocenters. The number of Topliss-reactive ketones (excluding diaryl/α,β-unsaturated/α-hetero) is 1. The van der Waals surface area contributed by atoms with Crippen molar-refractivity contribution in [3.05, 3.63) is 88.8 Å². The van der Waals surface area contributed by atoms with E-state index in [1.165, 1.54) is 16.2 Å². The van der Waals surface area contributed by atoms with Gasteiger partial charge in [0.15, 0.2) is 16.7 Å². The minimum atomic E-state index is -0.856. The van der Waals surface area contributed by atoms with Crippen LogP contribution < -0.4 is 9.64 Å². The van der Waals surface area contributed by atoms with Gasteiger partial charge in [0.25, 0.3) is 11.9 Å². The van der Waals surface area contributed by atoms with E-state index in [2.05, 4.69) is 4.98 Å². The quantitative estimate of drug-likeness (QED) is 0.381. The third-order valence-electron chi connectivity index (χ3n) is 5.16. The van der Waals surface area contributed by atoms with Gasteiger partial charge in [-0.25, -0.2) is 4.98 Å². The van der Waals surface area contributed by atoms with Gasteiger partial charge >= 0.3 is 0 Å². The summed E-state index contributed by atoms with van der Waals surface area (Å²) in [5.41, 5.74) is 1.13. The van der Waals surface area contributed by atoms with Crippen molar-refractivity contribution in [1.29, 1.82) is 0 Å². The van der Waals surface area contributed by atoms with Crippen LogP contribution in [0, 0.1) is 0 Å². The molecule has 5 rings (SSSR count). The molecule has 9 nitrogen and oxygen atoms in total. The van der Waals surface area contributed by atoms with Crippen LogP contribution in [0.4, 0.5) is 5.13 Å². The van der Waals surface area contributed by atoms with Gasteiger partial charge in [-0.2, -0.15) is 0 Å². The maximum atomic E-state index is 13.5. The minimum absolute atomic E-state index is 0.0510. The van der Waals surface area contributed by atoms with Crippen LogP contribution in [0.5, 0.6) is 5.75 Å². The van der Waals surface area contributed by atoms with Crippen molar-refractivity contribution in [2.45, 2.75) is 13.0 Å². The normalized spacial score (nSPS) is 15.2. The van der Waals surface area contributed by atoms with Crippen molar-refractivity contribution in [2.75, 3.05) is 12.0 Å². The molecule has 0 fully saturated rings. The average Bonchev–Trinajstić information content (AvgIpc) is 3.57. The zero-order valence-corrected chi connectivity index (χ0v) is 19.5. The molecule has 2 aromatic carbocycles. The zero-order valence-electron chi connectivity index (χ0n) is 18.7. The fourth-order valence-electron chi connectivity index (χ4n) is 3.70. The van der Waals surface area contributed by atoms with Crippen LogP contribution in [-0.4, -0.2) is 40.0 Å². The maximum absolute atomic E-state index is 13.5. The number of aliphatic hydroxyl groups excluding tert-OH is 1. The molecule has 0 aliphatic carbocycles. The van der Waals surface area contributed by atoms with Gasteiger partial charge in [0.1, 0.15) is 11.3 Å². The number of fused-ring (bicyclic) bond motifs is 1. The third kappa shape index (κ3) is 4.64. The molecule has 0 saturated carbocycles. The fraction of sp³-hybridized carbons (Fsp3) is 0.120. The Labute approximate surface area is 203 Å². The van der Waals surface area contributed by atoms with Gasteiger partial charge in [-0.05, 0) is 29.8 Å². The van der Waals surface area contributed by atoms with Gasteiger partial charge in [0, 0.05) is 23.9 Å². The van der Waals surface area contributed by atoms with E-state index in [4.69, 9.17) is 19.1 Å². The molecule has 35 heavy (non-hydrogen) atoms. The number of nitrogens with zero attached hydrogens (tertiary/aromatic N) is 2. The summed E-state index contributed by atoms with van der Waals surface area (Å²) < 4.78 is 10.9. The first-order valence-corrected chi connectivity index (χ1v) is 11.2. The standard InChI is InChI=1S/C23H16N2O5S.C2H4O2/c1-29-15-8-6-13(7-9-15)19-18(21(27)22(28)25(19)23-24-10-11-31-23)20(26)17-12-14-4-2-3-5-16(14)30-17;1-2(3)4/h2-12,19,27H,1H3;1H3,(H,3,4). The van der Waals surface area contributed by atoms with Gasteiger partial charge in [0.2, 0.25) is 5.78 Å². The highest BCUT2D eigenvalue weighted by Gasteiger charge is 2.46. The Bertz CT molecular complexity index is 1380. The second-order valence-corrected chi connectivity index (χ2v) is 8.30. The number of ether oxygens (including phenoxy) is 1. The van der Waals surface area contributed by atoms with E-state index >= 15 is 0 Å². The Kier molecular flexibility index (Phi) is 6.65. The lowest BCUT2D eigenvalue weighted by atomic mass is 9.95. The number of carboxylic acid groups (broad SMARTS) is 1. The number of amides is 1. The Morgan fingerprint density at radius 2 is 1.83 bits per heavy atom. The molecule has 0 bridgehead atoms. The first kappa shape index (κ1) is 23.7. The number of hydrogen-bond acceptors (Lipinski definition) is 8. The van der Waals surface area contributed by atoms with E-state index in [0.717, 1.165) is 12.3 Å². The number of hydrogen-bond donors (Lipinski definition) is 2. The number of benzene rings is 2.